The van der Waals surface area contributed by atoms with Gasteiger partial charge in [0.1, 0.15) is 0 Å². The first-order valence-corrected chi connectivity index (χ1v) is 8.38. The van der Waals surface area contributed by atoms with Gasteiger partial charge in [-0.2, -0.15) is 0 Å². The number of methoxy groups -OCH3 is 2. The number of hydrogen-bond donors (Lipinski definition) is 1. The van der Waals surface area contributed by atoms with Crippen molar-refractivity contribution in [2.75, 3.05) is 40.4 Å². The van der Waals surface area contributed by atoms with E-state index in [9.17, 15) is 0 Å². The Morgan fingerprint density at radius 3 is 2.54 bits per heavy atom. The summed E-state index contributed by atoms with van der Waals surface area (Å²) in [6, 6.07) is 12.6. The molecule has 3 rings (SSSR count). The Kier molecular flexibility index (Phi) is 5.67. The lowest BCUT2D eigenvalue weighted by molar-refractivity contribution is 0.171. The van der Waals surface area contributed by atoms with Crippen LogP contribution < -0.4 is 14.8 Å². The van der Waals surface area contributed by atoms with Crippen molar-refractivity contribution in [1.82, 2.24) is 15.2 Å². The fourth-order valence-electron chi connectivity index (χ4n) is 3.23. The molecule has 24 heavy (non-hydrogen) atoms. The summed E-state index contributed by atoms with van der Waals surface area (Å²) in [5.41, 5.74) is 2.34. The van der Waals surface area contributed by atoms with Gasteiger partial charge in [-0.1, -0.05) is 12.1 Å². The second-order valence-electron chi connectivity index (χ2n) is 5.94. The number of ether oxygens (including phenoxy) is 2. The van der Waals surface area contributed by atoms with Crippen LogP contribution in [0.5, 0.6) is 11.5 Å². The Labute approximate surface area is 143 Å². The fourth-order valence-corrected chi connectivity index (χ4v) is 3.23. The lowest BCUT2D eigenvalue weighted by Crippen LogP contribution is -2.45. The minimum absolute atomic E-state index is 0.279. The van der Waals surface area contributed by atoms with Crippen molar-refractivity contribution in [3.8, 4) is 11.5 Å². The minimum atomic E-state index is 0.279. The zero-order valence-electron chi connectivity index (χ0n) is 14.4. The molecule has 2 heterocycles. The highest BCUT2D eigenvalue weighted by molar-refractivity contribution is 5.44. The largest absolute Gasteiger partial charge is 0.493 e. The first kappa shape index (κ1) is 16.7. The van der Waals surface area contributed by atoms with Crippen molar-refractivity contribution in [3.63, 3.8) is 0 Å². The zero-order valence-corrected chi connectivity index (χ0v) is 14.4. The van der Waals surface area contributed by atoms with Gasteiger partial charge in [-0.25, -0.2) is 0 Å². The number of nitrogens with one attached hydrogen (secondary N) is 1. The lowest BCUT2D eigenvalue weighted by atomic mass is 9.98. The van der Waals surface area contributed by atoms with E-state index in [2.05, 4.69) is 33.4 Å². The average Bonchev–Trinajstić information content (AvgIpc) is 2.67. The third-order valence-electron chi connectivity index (χ3n) is 4.51. The van der Waals surface area contributed by atoms with Gasteiger partial charge in [0.15, 0.2) is 11.5 Å². The second kappa shape index (κ2) is 8.13. The summed E-state index contributed by atoms with van der Waals surface area (Å²) in [6.45, 7) is 4.11. The molecule has 0 radical (unpaired) electrons. The Balaban J connectivity index is 1.91. The first-order valence-electron chi connectivity index (χ1n) is 8.38. The van der Waals surface area contributed by atoms with Crippen LogP contribution in [0.2, 0.25) is 0 Å². The lowest BCUT2D eigenvalue weighted by Gasteiger charge is -2.35. The van der Waals surface area contributed by atoms with E-state index in [1.807, 2.05) is 24.4 Å². The molecule has 1 aliphatic heterocycles. The molecule has 1 fully saturated rings. The van der Waals surface area contributed by atoms with E-state index >= 15 is 0 Å². The van der Waals surface area contributed by atoms with Crippen LogP contribution in [0.15, 0.2) is 42.6 Å². The summed E-state index contributed by atoms with van der Waals surface area (Å²) in [5.74, 6) is 1.54. The van der Waals surface area contributed by atoms with E-state index in [0.717, 1.165) is 49.8 Å². The molecule has 5 nitrogen and oxygen atoms in total. The molecule has 1 aliphatic rings. The van der Waals surface area contributed by atoms with Crippen LogP contribution >= 0.6 is 0 Å². The van der Waals surface area contributed by atoms with Gasteiger partial charge in [-0.15, -0.1) is 0 Å². The number of nitrogens with zero attached hydrogens (tertiary/aromatic N) is 2. The van der Waals surface area contributed by atoms with E-state index in [-0.39, 0.29) is 6.04 Å². The highest BCUT2D eigenvalue weighted by Crippen LogP contribution is 2.33. The van der Waals surface area contributed by atoms with E-state index in [1.165, 1.54) is 5.56 Å². The van der Waals surface area contributed by atoms with Crippen molar-refractivity contribution < 1.29 is 9.47 Å². The number of benzene rings is 1. The van der Waals surface area contributed by atoms with Crippen molar-refractivity contribution in [2.24, 2.45) is 0 Å². The van der Waals surface area contributed by atoms with Gasteiger partial charge in [0, 0.05) is 50.5 Å². The topological polar surface area (TPSA) is 46.6 Å². The summed E-state index contributed by atoms with van der Waals surface area (Å²) >= 11 is 0. The molecule has 0 amide bonds. The molecule has 1 atom stereocenters. The maximum Gasteiger partial charge on any atom is 0.161 e. The van der Waals surface area contributed by atoms with Crippen LogP contribution in [0, 0.1) is 0 Å². The summed E-state index contributed by atoms with van der Waals surface area (Å²) in [6.07, 6.45) is 2.75. The first-order chi connectivity index (χ1) is 11.8. The van der Waals surface area contributed by atoms with Gasteiger partial charge in [-0.05, 0) is 29.8 Å². The standard InChI is InChI=1S/C19H25N3O2/c1-23-18-7-6-15(13-19(18)24-2)17(22-11-9-20-10-12-22)14-16-5-3-4-8-21-16/h3-8,13,17,20H,9-12,14H2,1-2H3. The number of piperazine rings is 1. The Hall–Kier alpha value is -2.11. The van der Waals surface area contributed by atoms with Gasteiger partial charge < -0.3 is 14.8 Å². The molecular weight excluding hydrogens is 302 g/mol. The van der Waals surface area contributed by atoms with Gasteiger partial charge in [0.05, 0.1) is 14.2 Å². The Morgan fingerprint density at radius 1 is 1.08 bits per heavy atom. The third-order valence-corrected chi connectivity index (χ3v) is 4.51. The van der Waals surface area contributed by atoms with Gasteiger partial charge in [-0.3, -0.25) is 9.88 Å². The van der Waals surface area contributed by atoms with E-state index in [0.29, 0.717) is 0 Å². The van der Waals surface area contributed by atoms with Crippen LogP contribution in [0.3, 0.4) is 0 Å². The molecule has 2 aromatic rings. The molecule has 1 saturated heterocycles. The number of aromatic nitrogens is 1. The van der Waals surface area contributed by atoms with Crippen LogP contribution in [0.1, 0.15) is 17.3 Å². The molecule has 0 aliphatic carbocycles. The molecule has 1 aromatic heterocycles. The Bertz CT molecular complexity index is 642. The summed E-state index contributed by atoms with van der Waals surface area (Å²) in [7, 11) is 3.35. The van der Waals surface area contributed by atoms with E-state index in [4.69, 9.17) is 9.47 Å². The smallest absolute Gasteiger partial charge is 0.161 e. The monoisotopic (exact) mass is 327 g/mol. The maximum atomic E-state index is 5.49. The fraction of sp³-hybridized carbons (Fsp3) is 0.421. The predicted octanol–water partition coefficient (Wildman–Crippen LogP) is 2.29. The van der Waals surface area contributed by atoms with Crippen molar-refractivity contribution in [1.29, 1.82) is 0 Å². The molecular formula is C19H25N3O2. The highest BCUT2D eigenvalue weighted by atomic mass is 16.5. The molecule has 0 bridgehead atoms. The maximum absolute atomic E-state index is 5.49. The molecule has 1 N–H and O–H groups in total. The van der Waals surface area contributed by atoms with Gasteiger partial charge in [0.2, 0.25) is 0 Å². The summed E-state index contributed by atoms with van der Waals surface area (Å²) in [5, 5.41) is 3.42. The minimum Gasteiger partial charge on any atom is -0.493 e. The van der Waals surface area contributed by atoms with Crippen LogP contribution in [0.25, 0.3) is 0 Å². The molecule has 0 spiro atoms. The Morgan fingerprint density at radius 2 is 1.88 bits per heavy atom. The number of hydrogen-bond acceptors (Lipinski definition) is 5. The highest BCUT2D eigenvalue weighted by Gasteiger charge is 2.24. The normalized spacial score (nSPS) is 16.6. The van der Waals surface area contributed by atoms with Gasteiger partial charge in [0.25, 0.3) is 0 Å². The molecule has 128 valence electrons. The summed E-state index contributed by atoms with van der Waals surface area (Å²) < 4.78 is 10.9. The van der Waals surface area contributed by atoms with Crippen molar-refractivity contribution in [2.45, 2.75) is 12.5 Å². The molecule has 1 aromatic carbocycles. The number of pyridine rings is 1. The van der Waals surface area contributed by atoms with Crippen LogP contribution in [-0.2, 0) is 6.42 Å². The van der Waals surface area contributed by atoms with Crippen LogP contribution in [-0.4, -0.2) is 50.3 Å². The average molecular weight is 327 g/mol. The SMILES string of the molecule is COc1ccc(C(Cc2ccccn2)N2CCNCC2)cc1OC. The van der Waals surface area contributed by atoms with Crippen molar-refractivity contribution in [3.05, 3.63) is 53.9 Å². The quantitative estimate of drug-likeness (QED) is 0.882. The van der Waals surface area contributed by atoms with Crippen molar-refractivity contribution >= 4 is 0 Å². The molecule has 0 saturated carbocycles. The van der Waals surface area contributed by atoms with E-state index < -0.39 is 0 Å². The predicted molar refractivity (Wildman–Crippen MR) is 94.7 cm³/mol. The zero-order chi connectivity index (χ0) is 16.8. The van der Waals surface area contributed by atoms with Gasteiger partial charge >= 0.3 is 0 Å². The molecule has 5 heteroatoms. The number of rotatable bonds is 6. The van der Waals surface area contributed by atoms with Crippen LogP contribution in [0.4, 0.5) is 0 Å². The summed E-state index contributed by atoms with van der Waals surface area (Å²) in [4.78, 5) is 7.04. The third kappa shape index (κ3) is 3.86. The second-order valence-corrected chi connectivity index (χ2v) is 5.94. The molecule has 1 unspecified atom stereocenters. The van der Waals surface area contributed by atoms with E-state index in [1.54, 1.807) is 14.2 Å².